The van der Waals surface area contributed by atoms with Crippen molar-refractivity contribution in [3.05, 3.63) is 59.7 Å². The number of ether oxygens (including phenoxy) is 2. The minimum atomic E-state index is -0.958. The predicted molar refractivity (Wildman–Crippen MR) is 132 cm³/mol. The zero-order valence-corrected chi connectivity index (χ0v) is 20.5. The Morgan fingerprint density at radius 3 is 2.14 bits per heavy atom. The number of rotatable bonds is 11. The molecule has 8 heteroatoms. The Hall–Kier alpha value is -3.39. The smallest absolute Gasteiger partial charge is 0.407 e. The van der Waals surface area contributed by atoms with Gasteiger partial charge in [0, 0.05) is 24.9 Å². The number of hydrogen-bond acceptors (Lipinski definition) is 5. The van der Waals surface area contributed by atoms with Crippen LogP contribution in [0.15, 0.2) is 48.5 Å². The Morgan fingerprint density at radius 2 is 1.57 bits per heavy atom. The molecule has 0 bridgehead atoms. The number of hydrogen-bond donors (Lipinski definition) is 3. The molecule has 1 atom stereocenters. The maximum atomic E-state index is 12.2. The first-order valence-corrected chi connectivity index (χ1v) is 11.8. The minimum Gasteiger partial charge on any atom is -0.481 e. The van der Waals surface area contributed by atoms with Crippen molar-refractivity contribution in [3.63, 3.8) is 0 Å². The second kappa shape index (κ2) is 11.8. The standard InChI is InChI=1S/C27H34N2O6/c1-27(2,3)23(16-25(31)32)29-24(30)12-14-34-15-13-28-26(33)35-17-22-20-10-6-4-8-18(20)19-9-5-7-11-21(19)22/h4-11,22-23H,12-17H2,1-3H3,(H,28,33)(H,29,30)(H,31,32). The fraction of sp³-hybridized carbons (Fsp3) is 0.444. The summed E-state index contributed by atoms with van der Waals surface area (Å²) in [6.07, 6.45) is -0.549. The van der Waals surface area contributed by atoms with Gasteiger partial charge in [0.15, 0.2) is 0 Å². The summed E-state index contributed by atoms with van der Waals surface area (Å²) in [5.41, 5.74) is 4.28. The van der Waals surface area contributed by atoms with Crippen LogP contribution in [0.2, 0.25) is 0 Å². The van der Waals surface area contributed by atoms with Crippen LogP contribution in [-0.4, -0.2) is 55.5 Å². The fourth-order valence-electron chi connectivity index (χ4n) is 4.16. The van der Waals surface area contributed by atoms with Crippen LogP contribution >= 0.6 is 0 Å². The molecule has 2 aromatic rings. The van der Waals surface area contributed by atoms with Gasteiger partial charge in [-0.1, -0.05) is 69.3 Å². The lowest BCUT2D eigenvalue weighted by atomic mass is 9.84. The van der Waals surface area contributed by atoms with Crippen LogP contribution in [0.5, 0.6) is 0 Å². The zero-order valence-electron chi connectivity index (χ0n) is 20.5. The molecule has 3 N–H and O–H groups in total. The van der Waals surface area contributed by atoms with Crippen molar-refractivity contribution in [2.24, 2.45) is 5.41 Å². The Bertz CT molecular complexity index is 1000. The summed E-state index contributed by atoms with van der Waals surface area (Å²) in [5, 5.41) is 14.5. The molecular weight excluding hydrogens is 448 g/mol. The monoisotopic (exact) mass is 482 g/mol. The van der Waals surface area contributed by atoms with Crippen LogP contribution in [0.3, 0.4) is 0 Å². The van der Waals surface area contributed by atoms with Crippen molar-refractivity contribution >= 4 is 18.0 Å². The summed E-state index contributed by atoms with van der Waals surface area (Å²) in [6.45, 7) is 6.54. The van der Waals surface area contributed by atoms with Gasteiger partial charge in [0.1, 0.15) is 6.61 Å². The van der Waals surface area contributed by atoms with E-state index in [2.05, 4.69) is 34.9 Å². The van der Waals surface area contributed by atoms with Crippen molar-refractivity contribution in [2.75, 3.05) is 26.4 Å². The van der Waals surface area contributed by atoms with E-state index in [-0.39, 0.29) is 56.4 Å². The number of aliphatic carboxylic acids is 1. The van der Waals surface area contributed by atoms with Gasteiger partial charge in [0.05, 0.1) is 19.6 Å². The Labute approximate surface area is 206 Å². The van der Waals surface area contributed by atoms with Gasteiger partial charge in [0.25, 0.3) is 0 Å². The highest BCUT2D eigenvalue weighted by atomic mass is 16.5. The topological polar surface area (TPSA) is 114 Å². The number of carboxylic acids is 1. The van der Waals surface area contributed by atoms with Gasteiger partial charge in [-0.25, -0.2) is 4.79 Å². The molecule has 2 amide bonds. The van der Waals surface area contributed by atoms with Crippen LogP contribution in [0.1, 0.15) is 50.7 Å². The molecule has 0 spiro atoms. The molecule has 0 saturated heterocycles. The van der Waals surface area contributed by atoms with Crippen LogP contribution < -0.4 is 10.6 Å². The molecule has 1 unspecified atom stereocenters. The molecule has 0 heterocycles. The Morgan fingerprint density at radius 1 is 0.971 bits per heavy atom. The van der Waals surface area contributed by atoms with Crippen molar-refractivity contribution in [1.29, 1.82) is 0 Å². The number of fused-ring (bicyclic) bond motifs is 3. The van der Waals surface area contributed by atoms with Crippen LogP contribution in [0, 0.1) is 5.41 Å². The molecule has 0 saturated carbocycles. The van der Waals surface area contributed by atoms with E-state index in [9.17, 15) is 14.4 Å². The summed E-state index contributed by atoms with van der Waals surface area (Å²) in [4.78, 5) is 35.3. The first kappa shape index (κ1) is 26.2. The number of carboxylic acid groups (broad SMARTS) is 1. The number of alkyl carbamates (subject to hydrolysis) is 1. The van der Waals surface area contributed by atoms with E-state index in [1.807, 2.05) is 45.0 Å². The van der Waals surface area contributed by atoms with Crippen LogP contribution in [0.25, 0.3) is 11.1 Å². The molecular formula is C27H34N2O6. The van der Waals surface area contributed by atoms with E-state index in [1.165, 1.54) is 11.1 Å². The highest BCUT2D eigenvalue weighted by molar-refractivity contribution is 5.79. The average Bonchev–Trinajstić information content (AvgIpc) is 3.12. The number of carbonyl (C=O) groups excluding carboxylic acids is 2. The van der Waals surface area contributed by atoms with E-state index in [4.69, 9.17) is 14.6 Å². The molecule has 3 rings (SSSR count). The van der Waals surface area contributed by atoms with E-state index in [0.29, 0.717) is 0 Å². The highest BCUT2D eigenvalue weighted by Crippen LogP contribution is 2.44. The third kappa shape index (κ3) is 7.29. The van der Waals surface area contributed by atoms with E-state index < -0.39 is 18.1 Å². The lowest BCUT2D eigenvalue weighted by molar-refractivity contribution is -0.138. The van der Waals surface area contributed by atoms with Gasteiger partial charge >= 0.3 is 12.1 Å². The summed E-state index contributed by atoms with van der Waals surface area (Å²) in [7, 11) is 0. The fourth-order valence-corrected chi connectivity index (χ4v) is 4.16. The first-order valence-electron chi connectivity index (χ1n) is 11.8. The summed E-state index contributed by atoms with van der Waals surface area (Å²) < 4.78 is 10.9. The van der Waals surface area contributed by atoms with Gasteiger partial charge in [-0.3, -0.25) is 9.59 Å². The maximum absolute atomic E-state index is 12.2. The second-order valence-corrected chi connectivity index (χ2v) is 9.70. The van der Waals surface area contributed by atoms with E-state index in [0.717, 1.165) is 11.1 Å². The largest absolute Gasteiger partial charge is 0.481 e. The van der Waals surface area contributed by atoms with Crippen molar-refractivity contribution in [3.8, 4) is 11.1 Å². The molecule has 35 heavy (non-hydrogen) atoms. The number of nitrogens with one attached hydrogen (secondary N) is 2. The van der Waals surface area contributed by atoms with Gasteiger partial charge < -0.3 is 25.2 Å². The Kier molecular flexibility index (Phi) is 8.87. The lowest BCUT2D eigenvalue weighted by Gasteiger charge is -2.30. The summed E-state index contributed by atoms with van der Waals surface area (Å²) in [5.74, 6) is -1.22. The third-order valence-electron chi connectivity index (χ3n) is 6.09. The molecule has 0 aromatic heterocycles. The van der Waals surface area contributed by atoms with Crippen molar-refractivity contribution < 1.29 is 29.0 Å². The highest BCUT2D eigenvalue weighted by Gasteiger charge is 2.29. The van der Waals surface area contributed by atoms with Gasteiger partial charge in [0.2, 0.25) is 5.91 Å². The number of carbonyl (C=O) groups is 3. The molecule has 0 aliphatic heterocycles. The lowest BCUT2D eigenvalue weighted by Crippen LogP contribution is -2.45. The summed E-state index contributed by atoms with van der Waals surface area (Å²) >= 11 is 0. The van der Waals surface area contributed by atoms with E-state index in [1.54, 1.807) is 0 Å². The van der Waals surface area contributed by atoms with E-state index >= 15 is 0 Å². The van der Waals surface area contributed by atoms with Crippen molar-refractivity contribution in [1.82, 2.24) is 10.6 Å². The quantitative estimate of drug-likeness (QED) is 0.418. The zero-order chi connectivity index (χ0) is 25.4. The first-order chi connectivity index (χ1) is 16.7. The molecule has 0 radical (unpaired) electrons. The predicted octanol–water partition coefficient (Wildman–Crippen LogP) is 3.94. The normalized spacial score (nSPS) is 13.5. The van der Waals surface area contributed by atoms with Crippen molar-refractivity contribution in [2.45, 2.75) is 45.6 Å². The third-order valence-corrected chi connectivity index (χ3v) is 6.09. The molecule has 2 aromatic carbocycles. The Balaban J connectivity index is 1.34. The molecule has 188 valence electrons. The average molecular weight is 483 g/mol. The van der Waals surface area contributed by atoms with Gasteiger partial charge in [-0.2, -0.15) is 0 Å². The molecule has 8 nitrogen and oxygen atoms in total. The second-order valence-electron chi connectivity index (χ2n) is 9.70. The van der Waals surface area contributed by atoms with Crippen LogP contribution in [0.4, 0.5) is 4.79 Å². The van der Waals surface area contributed by atoms with Crippen LogP contribution in [-0.2, 0) is 19.1 Å². The maximum Gasteiger partial charge on any atom is 0.407 e. The summed E-state index contributed by atoms with van der Waals surface area (Å²) in [6, 6.07) is 15.8. The number of amides is 2. The van der Waals surface area contributed by atoms with Gasteiger partial charge in [-0.05, 0) is 27.7 Å². The molecule has 1 aliphatic carbocycles. The SMILES string of the molecule is CC(C)(C)C(CC(=O)O)NC(=O)CCOCCNC(=O)OCC1c2ccccc2-c2ccccc21. The molecule has 1 aliphatic rings. The minimum absolute atomic E-state index is 0.000892. The number of benzene rings is 2. The van der Waals surface area contributed by atoms with Gasteiger partial charge in [-0.15, -0.1) is 0 Å². The molecule has 0 fully saturated rings.